The Bertz CT molecular complexity index is 955. The van der Waals surface area contributed by atoms with Crippen LogP contribution in [0.5, 0.6) is 0 Å². The van der Waals surface area contributed by atoms with Crippen molar-refractivity contribution in [3.8, 4) is 6.07 Å². The molecule has 1 aliphatic rings. The summed E-state index contributed by atoms with van der Waals surface area (Å²) in [7, 11) is 0. The van der Waals surface area contributed by atoms with Gasteiger partial charge in [0.1, 0.15) is 11.8 Å². The summed E-state index contributed by atoms with van der Waals surface area (Å²) in [4.78, 5) is 4.30. The summed E-state index contributed by atoms with van der Waals surface area (Å²) in [5.74, 6) is 1.99. The molecule has 2 atom stereocenters. The van der Waals surface area contributed by atoms with Gasteiger partial charge in [-0.25, -0.2) is 10.4 Å². The molecule has 0 radical (unpaired) electrons. The first-order chi connectivity index (χ1) is 12.2. The van der Waals surface area contributed by atoms with Crippen molar-refractivity contribution in [3.63, 3.8) is 0 Å². The number of nitriles is 1. The van der Waals surface area contributed by atoms with Crippen LogP contribution in [-0.4, -0.2) is 11.2 Å². The van der Waals surface area contributed by atoms with Gasteiger partial charge in [-0.05, 0) is 46.0 Å². The van der Waals surface area contributed by atoms with E-state index in [-0.39, 0.29) is 17.5 Å². The average molecular weight is 397 g/mol. The maximum absolute atomic E-state index is 9.25. The van der Waals surface area contributed by atoms with Crippen molar-refractivity contribution in [2.75, 3.05) is 5.43 Å². The Morgan fingerprint density at radius 3 is 2.76 bits per heavy atom. The molecule has 1 aliphatic carbocycles. The molecule has 0 bridgehead atoms. The molecule has 0 amide bonds. The molecule has 2 heterocycles. The monoisotopic (exact) mass is 396 g/mol. The first kappa shape index (κ1) is 15.7. The molecule has 1 saturated carbocycles. The second-order valence-electron chi connectivity index (χ2n) is 5.71. The molecule has 0 unspecified atom stereocenters. The van der Waals surface area contributed by atoms with Crippen LogP contribution < -0.4 is 5.43 Å². The van der Waals surface area contributed by atoms with Crippen LogP contribution in [0.2, 0.25) is 0 Å². The third-order valence-electron chi connectivity index (χ3n) is 4.04. The highest BCUT2D eigenvalue weighted by Gasteiger charge is 2.43. The third kappa shape index (κ3) is 3.35. The number of nitrogens with zero attached hydrogens (tertiary/aromatic N) is 3. The van der Waals surface area contributed by atoms with Gasteiger partial charge in [0.15, 0.2) is 4.67 Å². The van der Waals surface area contributed by atoms with Crippen LogP contribution in [-0.2, 0) is 0 Å². The minimum Gasteiger partial charge on any atom is -0.448 e. The zero-order valence-corrected chi connectivity index (χ0v) is 14.6. The van der Waals surface area contributed by atoms with Crippen molar-refractivity contribution in [1.82, 2.24) is 4.98 Å². The molecule has 4 rings (SSSR count). The highest BCUT2D eigenvalue weighted by atomic mass is 79.9. The molecular formula is C18H13BrN4O2. The number of hydrogen-bond acceptors (Lipinski definition) is 6. The lowest BCUT2D eigenvalue weighted by Crippen LogP contribution is -1.90. The standard InChI is InChI=1S/C18H13BrN4O2/c19-16-7-6-12(24-16)10-21-23-18-15(9-20)22-17(25-18)14-8-13(14)11-4-2-1-3-5-11/h1-7,10,13-14,23H,8H2/b21-10-/t13-,14-/m0/s1. The van der Waals surface area contributed by atoms with Crippen LogP contribution in [0.25, 0.3) is 0 Å². The first-order valence-corrected chi connectivity index (χ1v) is 8.54. The summed E-state index contributed by atoms with van der Waals surface area (Å²) in [6.07, 6.45) is 2.47. The lowest BCUT2D eigenvalue weighted by Gasteiger charge is -1.97. The Hall–Kier alpha value is -2.85. The van der Waals surface area contributed by atoms with Crippen molar-refractivity contribution in [1.29, 1.82) is 5.26 Å². The summed E-state index contributed by atoms with van der Waals surface area (Å²) >= 11 is 3.22. The molecule has 1 N–H and O–H groups in total. The zero-order chi connectivity index (χ0) is 17.2. The average Bonchev–Trinajstić information content (AvgIpc) is 3.17. The van der Waals surface area contributed by atoms with E-state index in [1.165, 1.54) is 11.8 Å². The number of benzene rings is 1. The van der Waals surface area contributed by atoms with Gasteiger partial charge in [0.25, 0.3) is 5.88 Å². The van der Waals surface area contributed by atoms with E-state index in [4.69, 9.17) is 8.83 Å². The van der Waals surface area contributed by atoms with Crippen molar-refractivity contribution < 1.29 is 8.83 Å². The number of nitrogens with one attached hydrogen (secondary N) is 1. The fourth-order valence-corrected chi connectivity index (χ4v) is 3.05. The van der Waals surface area contributed by atoms with E-state index < -0.39 is 0 Å². The maximum Gasteiger partial charge on any atom is 0.252 e. The first-order valence-electron chi connectivity index (χ1n) is 7.75. The number of hydrogen-bond donors (Lipinski definition) is 1. The Kier molecular flexibility index (Phi) is 4.12. The predicted molar refractivity (Wildman–Crippen MR) is 95.4 cm³/mol. The molecule has 7 heteroatoms. The second-order valence-corrected chi connectivity index (χ2v) is 6.49. The lowest BCUT2D eigenvalue weighted by atomic mass is 10.1. The van der Waals surface area contributed by atoms with Crippen LogP contribution in [0, 0.1) is 11.3 Å². The SMILES string of the molecule is N#Cc1nc([C@H]2C[C@H]2c2ccccc2)oc1N/N=C\c1ccc(Br)o1. The van der Waals surface area contributed by atoms with E-state index in [0.29, 0.717) is 22.2 Å². The van der Waals surface area contributed by atoms with E-state index in [2.05, 4.69) is 43.6 Å². The van der Waals surface area contributed by atoms with E-state index >= 15 is 0 Å². The van der Waals surface area contributed by atoms with Crippen LogP contribution in [0.1, 0.15) is 41.2 Å². The molecular weight excluding hydrogens is 384 g/mol. The molecule has 25 heavy (non-hydrogen) atoms. The Morgan fingerprint density at radius 2 is 2.04 bits per heavy atom. The topological polar surface area (TPSA) is 87.4 Å². The van der Waals surface area contributed by atoms with Gasteiger partial charge >= 0.3 is 0 Å². The van der Waals surface area contributed by atoms with Gasteiger partial charge in [-0.3, -0.25) is 0 Å². The third-order valence-corrected chi connectivity index (χ3v) is 4.46. The molecule has 6 nitrogen and oxygen atoms in total. The molecule has 124 valence electrons. The van der Waals surface area contributed by atoms with Crippen molar-refractivity contribution in [2.24, 2.45) is 5.10 Å². The number of furan rings is 1. The van der Waals surface area contributed by atoms with Gasteiger partial charge in [0, 0.05) is 5.92 Å². The highest BCUT2D eigenvalue weighted by molar-refractivity contribution is 9.10. The summed E-state index contributed by atoms with van der Waals surface area (Å²) in [6, 6.07) is 15.8. The normalized spacial score (nSPS) is 19.0. The van der Waals surface area contributed by atoms with Crippen molar-refractivity contribution in [3.05, 3.63) is 70.0 Å². The maximum atomic E-state index is 9.25. The highest BCUT2D eigenvalue weighted by Crippen LogP contribution is 2.54. The fraction of sp³-hybridized carbons (Fsp3) is 0.167. The van der Waals surface area contributed by atoms with Gasteiger partial charge in [-0.1, -0.05) is 30.3 Å². The Balaban J connectivity index is 1.47. The quantitative estimate of drug-likeness (QED) is 0.502. The molecule has 1 fully saturated rings. The minimum atomic E-state index is 0.200. The number of oxazole rings is 1. The van der Waals surface area contributed by atoms with Gasteiger partial charge < -0.3 is 8.83 Å². The van der Waals surface area contributed by atoms with Gasteiger partial charge in [-0.15, -0.1) is 0 Å². The van der Waals surface area contributed by atoms with Crippen LogP contribution in [0.15, 0.2) is 61.1 Å². The van der Waals surface area contributed by atoms with E-state index in [1.54, 1.807) is 12.1 Å². The number of aromatic nitrogens is 1. The molecule has 2 aromatic heterocycles. The zero-order valence-electron chi connectivity index (χ0n) is 13.0. The molecule has 0 saturated heterocycles. The number of rotatable bonds is 5. The van der Waals surface area contributed by atoms with Crippen molar-refractivity contribution in [2.45, 2.75) is 18.3 Å². The van der Waals surface area contributed by atoms with Crippen molar-refractivity contribution >= 4 is 28.0 Å². The van der Waals surface area contributed by atoms with Crippen LogP contribution >= 0.6 is 15.9 Å². The van der Waals surface area contributed by atoms with E-state index in [1.807, 2.05) is 24.3 Å². The Morgan fingerprint density at radius 1 is 1.20 bits per heavy atom. The summed E-state index contributed by atoms with van der Waals surface area (Å²) in [6.45, 7) is 0. The second kappa shape index (κ2) is 6.57. The van der Waals surface area contributed by atoms with Crippen LogP contribution in [0.4, 0.5) is 5.88 Å². The largest absolute Gasteiger partial charge is 0.448 e. The summed E-state index contributed by atoms with van der Waals surface area (Å²) in [5, 5.41) is 13.3. The van der Waals surface area contributed by atoms with E-state index in [0.717, 1.165) is 6.42 Å². The van der Waals surface area contributed by atoms with Crippen LogP contribution in [0.3, 0.4) is 0 Å². The molecule has 0 aliphatic heterocycles. The molecule has 0 spiro atoms. The lowest BCUT2D eigenvalue weighted by molar-refractivity contribution is 0.506. The summed E-state index contributed by atoms with van der Waals surface area (Å²) < 4.78 is 11.7. The number of anilines is 1. The predicted octanol–water partition coefficient (Wildman–Crippen LogP) is 4.62. The fourth-order valence-electron chi connectivity index (χ4n) is 2.74. The molecule has 3 aromatic rings. The molecule has 1 aromatic carbocycles. The smallest absolute Gasteiger partial charge is 0.252 e. The summed E-state index contributed by atoms with van der Waals surface area (Å²) in [5.41, 5.74) is 4.19. The minimum absolute atomic E-state index is 0.200. The van der Waals surface area contributed by atoms with Gasteiger partial charge in [0.2, 0.25) is 11.6 Å². The number of halogens is 1. The van der Waals surface area contributed by atoms with Gasteiger partial charge in [0.05, 0.1) is 6.21 Å². The van der Waals surface area contributed by atoms with Gasteiger partial charge in [-0.2, -0.15) is 10.4 Å². The number of hydrazone groups is 1. The van der Waals surface area contributed by atoms with E-state index in [9.17, 15) is 5.26 Å². The Labute approximate surface area is 152 Å².